The minimum absolute atomic E-state index is 0.596. The summed E-state index contributed by atoms with van der Waals surface area (Å²) in [5, 5.41) is 13.1. The highest BCUT2D eigenvalue weighted by Crippen LogP contribution is 2.27. The molecule has 0 unspecified atom stereocenters. The average molecular weight is 291 g/mol. The van der Waals surface area contributed by atoms with E-state index in [4.69, 9.17) is 4.74 Å². The maximum absolute atomic E-state index is 5.79. The molecule has 0 amide bonds. The zero-order valence-corrected chi connectivity index (χ0v) is 13.3. The second kappa shape index (κ2) is 6.81. The lowest BCUT2D eigenvalue weighted by Crippen LogP contribution is -2.18. The molecule has 1 N–H and O–H groups in total. The smallest absolute Gasteiger partial charge is 0.299 e. The molecule has 0 atom stereocenters. The van der Waals surface area contributed by atoms with Crippen molar-refractivity contribution in [1.29, 1.82) is 0 Å². The molecule has 4 nitrogen and oxygen atoms in total. The van der Waals surface area contributed by atoms with Gasteiger partial charge in [-0.3, -0.25) is 0 Å². The Labute approximate surface area is 124 Å². The number of hydrogen-bond acceptors (Lipinski definition) is 5. The van der Waals surface area contributed by atoms with Crippen LogP contribution in [0, 0.1) is 19.8 Å². The maximum Gasteiger partial charge on any atom is 0.299 e. The van der Waals surface area contributed by atoms with Crippen LogP contribution >= 0.6 is 11.3 Å². The Morgan fingerprint density at radius 1 is 1.25 bits per heavy atom. The van der Waals surface area contributed by atoms with E-state index >= 15 is 0 Å². The van der Waals surface area contributed by atoms with E-state index in [2.05, 4.69) is 42.4 Å². The van der Waals surface area contributed by atoms with Gasteiger partial charge in [-0.25, -0.2) is 0 Å². The molecule has 1 aromatic carbocycles. The first-order valence-electron chi connectivity index (χ1n) is 6.83. The van der Waals surface area contributed by atoms with Crippen molar-refractivity contribution in [3.05, 3.63) is 34.3 Å². The zero-order chi connectivity index (χ0) is 14.5. The van der Waals surface area contributed by atoms with Crippen LogP contribution in [-0.2, 0) is 6.54 Å². The number of aromatic nitrogens is 2. The van der Waals surface area contributed by atoms with Crippen LogP contribution < -0.4 is 10.1 Å². The Balaban J connectivity index is 1.95. The summed E-state index contributed by atoms with van der Waals surface area (Å²) in [4.78, 5) is 0. The minimum atomic E-state index is 0.596. The molecule has 0 saturated heterocycles. The van der Waals surface area contributed by atoms with Gasteiger partial charge in [0, 0.05) is 6.54 Å². The van der Waals surface area contributed by atoms with E-state index in [9.17, 15) is 0 Å². The number of ether oxygens (including phenoxy) is 1. The summed E-state index contributed by atoms with van der Waals surface area (Å²) in [6.45, 7) is 10.2. The molecule has 0 spiro atoms. The molecule has 0 bridgehead atoms. The Bertz CT molecular complexity index is 566. The van der Waals surface area contributed by atoms with E-state index in [0.29, 0.717) is 11.1 Å². The van der Waals surface area contributed by atoms with Crippen LogP contribution in [-0.4, -0.2) is 16.7 Å². The van der Waals surface area contributed by atoms with Gasteiger partial charge in [0.25, 0.3) is 5.19 Å². The summed E-state index contributed by atoms with van der Waals surface area (Å²) in [5.41, 5.74) is 2.34. The largest absolute Gasteiger partial charge is 0.430 e. The highest BCUT2D eigenvalue weighted by atomic mass is 32.1. The third-order valence-corrected chi connectivity index (χ3v) is 3.61. The topological polar surface area (TPSA) is 47.0 Å². The zero-order valence-electron chi connectivity index (χ0n) is 12.4. The molecular formula is C15H21N3OS. The van der Waals surface area contributed by atoms with E-state index in [1.807, 2.05) is 19.1 Å². The summed E-state index contributed by atoms with van der Waals surface area (Å²) < 4.78 is 5.79. The van der Waals surface area contributed by atoms with Crippen LogP contribution in [0.3, 0.4) is 0 Å². The molecule has 1 heterocycles. The highest BCUT2D eigenvalue weighted by molar-refractivity contribution is 7.13. The van der Waals surface area contributed by atoms with E-state index < -0.39 is 0 Å². The first kappa shape index (κ1) is 14.9. The third-order valence-electron chi connectivity index (χ3n) is 2.80. The monoisotopic (exact) mass is 291 g/mol. The van der Waals surface area contributed by atoms with Crippen LogP contribution in [0.5, 0.6) is 10.9 Å². The van der Waals surface area contributed by atoms with Crippen LogP contribution in [0.15, 0.2) is 18.2 Å². The van der Waals surface area contributed by atoms with E-state index in [1.54, 1.807) is 0 Å². The van der Waals surface area contributed by atoms with Gasteiger partial charge in [-0.05, 0) is 37.9 Å². The second-order valence-corrected chi connectivity index (χ2v) is 6.38. The quantitative estimate of drug-likeness (QED) is 0.881. The molecular weight excluding hydrogens is 270 g/mol. The first-order valence-corrected chi connectivity index (χ1v) is 7.64. The molecule has 0 aliphatic heterocycles. The Morgan fingerprint density at radius 3 is 2.75 bits per heavy atom. The Hall–Kier alpha value is -1.46. The second-order valence-electron chi connectivity index (χ2n) is 5.36. The summed E-state index contributed by atoms with van der Waals surface area (Å²) in [5.74, 6) is 1.47. The molecule has 2 rings (SSSR count). The van der Waals surface area contributed by atoms with Gasteiger partial charge in [-0.1, -0.05) is 48.0 Å². The van der Waals surface area contributed by atoms with E-state index in [-0.39, 0.29) is 0 Å². The number of nitrogens with one attached hydrogen (secondary N) is 1. The number of hydrogen-bond donors (Lipinski definition) is 1. The van der Waals surface area contributed by atoms with Crippen molar-refractivity contribution < 1.29 is 4.74 Å². The van der Waals surface area contributed by atoms with Gasteiger partial charge >= 0.3 is 0 Å². The third kappa shape index (κ3) is 4.28. The van der Waals surface area contributed by atoms with Gasteiger partial charge in [-0.15, -0.1) is 5.10 Å². The Morgan fingerprint density at radius 2 is 2.05 bits per heavy atom. The van der Waals surface area contributed by atoms with Crippen molar-refractivity contribution in [2.24, 2.45) is 5.92 Å². The lowest BCUT2D eigenvalue weighted by molar-refractivity contribution is 0.469. The first-order chi connectivity index (χ1) is 9.54. The molecule has 0 saturated carbocycles. The van der Waals surface area contributed by atoms with Gasteiger partial charge in [0.1, 0.15) is 10.8 Å². The molecule has 5 heteroatoms. The normalized spacial score (nSPS) is 11.1. The molecule has 0 aliphatic carbocycles. The van der Waals surface area contributed by atoms with Gasteiger partial charge in [0.15, 0.2) is 0 Å². The van der Waals surface area contributed by atoms with E-state index in [1.165, 1.54) is 16.9 Å². The van der Waals surface area contributed by atoms with Crippen molar-refractivity contribution in [3.63, 3.8) is 0 Å². The summed E-state index contributed by atoms with van der Waals surface area (Å²) in [6, 6.07) is 6.11. The van der Waals surface area contributed by atoms with Crippen molar-refractivity contribution in [3.8, 4) is 10.9 Å². The van der Waals surface area contributed by atoms with Crippen LogP contribution in [0.1, 0.15) is 30.0 Å². The molecule has 1 aromatic heterocycles. The van der Waals surface area contributed by atoms with Gasteiger partial charge in [-0.2, -0.15) is 0 Å². The predicted molar refractivity (Wildman–Crippen MR) is 82.4 cm³/mol. The fourth-order valence-corrected chi connectivity index (χ4v) is 2.50. The predicted octanol–water partition coefficient (Wildman–Crippen LogP) is 3.69. The van der Waals surface area contributed by atoms with Crippen molar-refractivity contribution in [2.75, 3.05) is 6.54 Å². The fourth-order valence-electron chi connectivity index (χ4n) is 1.83. The van der Waals surface area contributed by atoms with Gasteiger partial charge in [0.05, 0.1) is 0 Å². The van der Waals surface area contributed by atoms with Crippen LogP contribution in [0.25, 0.3) is 0 Å². The molecule has 0 aliphatic rings. The average Bonchev–Trinajstić information content (AvgIpc) is 2.80. The standard InChI is InChI=1S/C15H21N3OS/c1-10(2)8-16-9-14-17-18-15(20-14)19-13-6-5-11(3)7-12(13)4/h5-7,10,16H,8-9H2,1-4H3. The maximum atomic E-state index is 5.79. The fraction of sp³-hybridized carbons (Fsp3) is 0.467. The number of aryl methyl sites for hydroxylation is 2. The Kier molecular flexibility index (Phi) is 5.09. The molecule has 2 aromatic rings. The molecule has 0 radical (unpaired) electrons. The molecule has 0 fully saturated rings. The summed E-state index contributed by atoms with van der Waals surface area (Å²) >= 11 is 1.49. The van der Waals surface area contributed by atoms with Crippen LogP contribution in [0.4, 0.5) is 0 Å². The van der Waals surface area contributed by atoms with E-state index in [0.717, 1.165) is 29.4 Å². The van der Waals surface area contributed by atoms with Gasteiger partial charge in [0.2, 0.25) is 0 Å². The lowest BCUT2D eigenvalue weighted by Gasteiger charge is -2.05. The van der Waals surface area contributed by atoms with Crippen LogP contribution in [0.2, 0.25) is 0 Å². The lowest BCUT2D eigenvalue weighted by atomic mass is 10.1. The molecule has 108 valence electrons. The summed E-state index contributed by atoms with van der Waals surface area (Å²) in [6.07, 6.45) is 0. The van der Waals surface area contributed by atoms with Crippen molar-refractivity contribution >= 4 is 11.3 Å². The highest BCUT2D eigenvalue weighted by Gasteiger charge is 2.08. The number of nitrogens with zero attached hydrogens (tertiary/aromatic N) is 2. The summed E-state index contributed by atoms with van der Waals surface area (Å²) in [7, 11) is 0. The van der Waals surface area contributed by atoms with Crippen molar-refractivity contribution in [1.82, 2.24) is 15.5 Å². The molecule has 20 heavy (non-hydrogen) atoms. The SMILES string of the molecule is Cc1ccc(Oc2nnc(CNCC(C)C)s2)c(C)c1. The minimum Gasteiger partial charge on any atom is -0.430 e. The van der Waals surface area contributed by atoms with Crippen molar-refractivity contribution in [2.45, 2.75) is 34.2 Å². The number of benzene rings is 1. The van der Waals surface area contributed by atoms with Gasteiger partial charge < -0.3 is 10.1 Å². The number of rotatable bonds is 6.